The van der Waals surface area contributed by atoms with Crippen molar-refractivity contribution in [2.24, 2.45) is 22.7 Å². The summed E-state index contributed by atoms with van der Waals surface area (Å²) >= 11 is 0. The third kappa shape index (κ3) is 2.54. The number of carbonyl (C=O) groups excluding carboxylic acids is 1. The van der Waals surface area contributed by atoms with E-state index in [1.807, 2.05) is 0 Å². The standard InChI is InChI=1S/C25H34N2O/c1-23-11-18-12-24(15-23,20-5-3-2-4-6-20)17-25(13-18,16-23)22(28)26-21-14-27-9-7-19(21)8-10-27/h2-6,18-19,21H,7-17H2,1H3,(H,26,28)/t18?,21-,23-,24-,25?/m0/s1. The first-order valence-corrected chi connectivity index (χ1v) is 11.6. The van der Waals surface area contributed by atoms with Crippen LogP contribution in [0.1, 0.15) is 63.9 Å². The minimum atomic E-state index is -0.129. The second-order valence-electron chi connectivity index (χ2n) is 11.5. The Bertz CT molecular complexity index is 785. The Hall–Kier alpha value is -1.35. The van der Waals surface area contributed by atoms with Crippen LogP contribution in [0.2, 0.25) is 0 Å². The van der Waals surface area contributed by atoms with Gasteiger partial charge in [-0.15, -0.1) is 0 Å². The average Bonchev–Trinajstić information content (AvgIpc) is 2.68. The Morgan fingerprint density at radius 2 is 1.82 bits per heavy atom. The van der Waals surface area contributed by atoms with Crippen molar-refractivity contribution in [3.05, 3.63) is 35.9 Å². The quantitative estimate of drug-likeness (QED) is 0.858. The van der Waals surface area contributed by atoms with Crippen LogP contribution >= 0.6 is 0 Å². The molecule has 0 spiro atoms. The molecule has 3 aliphatic heterocycles. The van der Waals surface area contributed by atoms with Crippen molar-refractivity contribution < 1.29 is 4.79 Å². The molecule has 1 aromatic carbocycles. The number of rotatable bonds is 3. The van der Waals surface area contributed by atoms with E-state index < -0.39 is 0 Å². The number of amides is 1. The van der Waals surface area contributed by atoms with E-state index in [0.29, 0.717) is 23.3 Å². The van der Waals surface area contributed by atoms with Crippen molar-refractivity contribution in [3.8, 4) is 0 Å². The molecule has 4 saturated carbocycles. The van der Waals surface area contributed by atoms with Gasteiger partial charge in [0.05, 0.1) is 5.41 Å². The highest BCUT2D eigenvalue weighted by molar-refractivity contribution is 5.84. The zero-order valence-corrected chi connectivity index (χ0v) is 17.3. The van der Waals surface area contributed by atoms with E-state index in [9.17, 15) is 4.79 Å². The number of hydrogen-bond acceptors (Lipinski definition) is 2. The van der Waals surface area contributed by atoms with Crippen molar-refractivity contribution >= 4 is 5.91 Å². The smallest absolute Gasteiger partial charge is 0.226 e. The molecule has 28 heavy (non-hydrogen) atoms. The van der Waals surface area contributed by atoms with Crippen molar-refractivity contribution in [1.82, 2.24) is 10.2 Å². The maximum atomic E-state index is 13.8. The topological polar surface area (TPSA) is 32.3 Å². The molecule has 7 fully saturated rings. The summed E-state index contributed by atoms with van der Waals surface area (Å²) in [5.41, 5.74) is 1.92. The van der Waals surface area contributed by atoms with Crippen LogP contribution < -0.4 is 5.32 Å². The van der Waals surface area contributed by atoms with Gasteiger partial charge < -0.3 is 10.2 Å². The van der Waals surface area contributed by atoms with Gasteiger partial charge in [-0.25, -0.2) is 0 Å². The lowest BCUT2D eigenvalue weighted by molar-refractivity contribution is -0.161. The number of benzene rings is 1. The van der Waals surface area contributed by atoms with Crippen molar-refractivity contribution in [3.63, 3.8) is 0 Å². The van der Waals surface area contributed by atoms with Gasteiger partial charge in [0.15, 0.2) is 0 Å². The van der Waals surface area contributed by atoms with Gasteiger partial charge in [0, 0.05) is 12.6 Å². The number of nitrogens with one attached hydrogen (secondary N) is 1. The van der Waals surface area contributed by atoms with Crippen LogP contribution in [-0.4, -0.2) is 36.5 Å². The summed E-state index contributed by atoms with van der Waals surface area (Å²) in [5, 5.41) is 3.61. The first-order valence-electron chi connectivity index (χ1n) is 11.6. The SMILES string of the molecule is C[C@@]12CC3CC(C(=O)N[C@H]4CN5CCC4CC5)(C1)C[C@](c1ccccc1)(C3)C2. The maximum Gasteiger partial charge on any atom is 0.226 e. The van der Waals surface area contributed by atoms with Crippen LogP contribution in [0.15, 0.2) is 30.3 Å². The van der Waals surface area contributed by atoms with Crippen LogP contribution in [-0.2, 0) is 10.2 Å². The number of nitrogens with zero attached hydrogens (tertiary/aromatic N) is 1. The molecule has 2 unspecified atom stereocenters. The Balaban J connectivity index is 1.31. The van der Waals surface area contributed by atoms with Gasteiger partial charge >= 0.3 is 0 Å². The Labute approximate surface area is 169 Å². The molecule has 3 saturated heterocycles. The van der Waals surface area contributed by atoms with Crippen molar-refractivity contribution in [2.45, 2.75) is 69.7 Å². The van der Waals surface area contributed by atoms with Crippen LogP contribution in [0.4, 0.5) is 0 Å². The van der Waals surface area contributed by atoms with E-state index in [1.165, 1.54) is 50.8 Å². The summed E-state index contributed by atoms with van der Waals surface area (Å²) in [5.74, 6) is 1.84. The van der Waals surface area contributed by atoms with E-state index in [1.54, 1.807) is 0 Å². The van der Waals surface area contributed by atoms with E-state index >= 15 is 0 Å². The van der Waals surface area contributed by atoms with Gasteiger partial charge in [-0.3, -0.25) is 4.79 Å². The van der Waals surface area contributed by atoms with Gasteiger partial charge in [-0.1, -0.05) is 37.3 Å². The highest BCUT2D eigenvalue weighted by Gasteiger charge is 2.64. The monoisotopic (exact) mass is 378 g/mol. The molecule has 1 N–H and O–H groups in total. The van der Waals surface area contributed by atoms with Gasteiger partial charge in [-0.05, 0) is 92.7 Å². The molecule has 0 radical (unpaired) electrons. The van der Waals surface area contributed by atoms with E-state index in [2.05, 4.69) is 47.5 Å². The normalized spacial score (nSPS) is 48.6. The first-order chi connectivity index (χ1) is 13.5. The molecule has 1 aromatic rings. The molecule has 3 heteroatoms. The number of fused-ring (bicyclic) bond motifs is 3. The molecule has 4 aliphatic carbocycles. The number of carbonyl (C=O) groups is 1. The molecule has 3 nitrogen and oxygen atoms in total. The lowest BCUT2D eigenvalue weighted by Gasteiger charge is -2.65. The van der Waals surface area contributed by atoms with Crippen LogP contribution in [0.5, 0.6) is 0 Å². The molecule has 8 rings (SSSR count). The summed E-state index contributed by atoms with van der Waals surface area (Å²) in [6.45, 7) is 6.03. The second-order valence-corrected chi connectivity index (χ2v) is 11.5. The summed E-state index contributed by atoms with van der Waals surface area (Å²) in [6, 6.07) is 11.6. The molecule has 1 amide bonds. The summed E-state index contributed by atoms with van der Waals surface area (Å²) < 4.78 is 0. The van der Waals surface area contributed by atoms with E-state index in [0.717, 1.165) is 31.7 Å². The summed E-state index contributed by atoms with van der Waals surface area (Å²) in [7, 11) is 0. The molecule has 7 aliphatic rings. The Morgan fingerprint density at radius 3 is 2.50 bits per heavy atom. The third-order valence-corrected chi connectivity index (χ3v) is 9.19. The Kier molecular flexibility index (Phi) is 3.65. The zero-order chi connectivity index (χ0) is 19.0. The predicted octanol–water partition coefficient (Wildman–Crippen LogP) is 4.13. The van der Waals surface area contributed by atoms with E-state index in [4.69, 9.17) is 0 Å². The zero-order valence-electron chi connectivity index (χ0n) is 17.3. The van der Waals surface area contributed by atoms with Crippen LogP contribution in [0, 0.1) is 22.7 Å². The highest BCUT2D eigenvalue weighted by atomic mass is 16.2. The van der Waals surface area contributed by atoms with Crippen LogP contribution in [0.25, 0.3) is 0 Å². The molecule has 6 bridgehead atoms. The van der Waals surface area contributed by atoms with Gasteiger partial charge in [0.2, 0.25) is 5.91 Å². The number of hydrogen-bond donors (Lipinski definition) is 1. The van der Waals surface area contributed by atoms with Crippen molar-refractivity contribution in [1.29, 1.82) is 0 Å². The molecular weight excluding hydrogens is 344 g/mol. The van der Waals surface area contributed by atoms with Gasteiger partial charge in [0.25, 0.3) is 0 Å². The first kappa shape index (κ1) is 17.5. The van der Waals surface area contributed by atoms with Crippen LogP contribution in [0.3, 0.4) is 0 Å². The molecule has 3 heterocycles. The van der Waals surface area contributed by atoms with Gasteiger partial charge in [0.1, 0.15) is 0 Å². The summed E-state index contributed by atoms with van der Waals surface area (Å²) in [4.78, 5) is 16.4. The second kappa shape index (κ2) is 5.84. The predicted molar refractivity (Wildman–Crippen MR) is 111 cm³/mol. The van der Waals surface area contributed by atoms with Crippen molar-refractivity contribution in [2.75, 3.05) is 19.6 Å². The molecule has 150 valence electrons. The minimum absolute atomic E-state index is 0.129. The minimum Gasteiger partial charge on any atom is -0.351 e. The Morgan fingerprint density at radius 1 is 1.04 bits per heavy atom. The molecular formula is C25H34N2O. The maximum absolute atomic E-state index is 13.8. The largest absolute Gasteiger partial charge is 0.351 e. The fourth-order valence-corrected chi connectivity index (χ4v) is 8.74. The molecule has 5 atom stereocenters. The van der Waals surface area contributed by atoms with E-state index in [-0.39, 0.29) is 10.8 Å². The fraction of sp³-hybridized carbons (Fsp3) is 0.720. The number of piperidine rings is 3. The average molecular weight is 379 g/mol. The van der Waals surface area contributed by atoms with Gasteiger partial charge in [-0.2, -0.15) is 0 Å². The third-order valence-electron chi connectivity index (χ3n) is 9.19. The molecule has 0 aromatic heterocycles. The lowest BCUT2D eigenvalue weighted by atomic mass is 9.38. The fourth-order valence-electron chi connectivity index (χ4n) is 8.74. The highest BCUT2D eigenvalue weighted by Crippen LogP contribution is 2.70. The summed E-state index contributed by atoms with van der Waals surface area (Å²) in [6.07, 6.45) is 9.75. The lowest BCUT2D eigenvalue weighted by Crippen LogP contribution is -2.65.